The number of aryl methyl sites for hydroxylation is 1. The van der Waals surface area contributed by atoms with Crippen LogP contribution in [0, 0.1) is 0 Å². The Balaban J connectivity index is 1.56. The molecule has 0 bridgehead atoms. The number of nitrogens with zero attached hydrogens (tertiary/aromatic N) is 3. The Morgan fingerprint density at radius 2 is 1.88 bits per heavy atom. The number of para-hydroxylation sites is 1. The lowest BCUT2D eigenvalue weighted by Crippen LogP contribution is -2.15. The van der Waals surface area contributed by atoms with Crippen LogP contribution in [0.5, 0.6) is 5.75 Å². The van der Waals surface area contributed by atoms with Crippen molar-refractivity contribution in [2.24, 2.45) is 0 Å². The van der Waals surface area contributed by atoms with Crippen molar-refractivity contribution in [3.05, 3.63) is 71.6 Å². The smallest absolute Gasteiger partial charge is 0.234 e. The monoisotopic (exact) mass is 464 g/mol. The Labute approximate surface area is 195 Å². The molecule has 0 aliphatic heterocycles. The Morgan fingerprint density at radius 1 is 1.06 bits per heavy atom. The average Bonchev–Trinajstić information content (AvgIpc) is 3.49. The molecule has 0 radical (unpaired) electrons. The molecule has 0 unspecified atom stereocenters. The summed E-state index contributed by atoms with van der Waals surface area (Å²) in [4.78, 5) is 13.7. The normalized spacial score (nSPS) is 10.8. The number of amides is 1. The van der Waals surface area contributed by atoms with Gasteiger partial charge < -0.3 is 10.1 Å². The molecule has 0 atom stereocenters. The first-order valence-electron chi connectivity index (χ1n) is 10.4. The van der Waals surface area contributed by atoms with Gasteiger partial charge in [-0.05, 0) is 60.7 Å². The van der Waals surface area contributed by atoms with Gasteiger partial charge in [0.2, 0.25) is 5.91 Å². The lowest BCUT2D eigenvalue weighted by Gasteiger charge is -2.12. The second-order valence-corrected chi connectivity index (χ2v) is 8.78. The number of thiophene rings is 1. The minimum absolute atomic E-state index is 0.0742. The SMILES string of the molecule is CCOc1ccc(-n2c(SCC(=O)Nc3ccccc3CC)nnc2-c2cccs2)cc1. The molecule has 1 N–H and O–H groups in total. The highest BCUT2D eigenvalue weighted by atomic mass is 32.2. The molecule has 8 heteroatoms. The maximum atomic E-state index is 12.6. The molecule has 32 heavy (non-hydrogen) atoms. The molecule has 4 rings (SSSR count). The number of carbonyl (C=O) groups is 1. The predicted molar refractivity (Wildman–Crippen MR) is 131 cm³/mol. The first kappa shape index (κ1) is 22.1. The van der Waals surface area contributed by atoms with Crippen molar-refractivity contribution >= 4 is 34.7 Å². The van der Waals surface area contributed by atoms with Gasteiger partial charge in [-0.2, -0.15) is 0 Å². The molecular weight excluding hydrogens is 440 g/mol. The summed E-state index contributed by atoms with van der Waals surface area (Å²) < 4.78 is 7.55. The van der Waals surface area contributed by atoms with E-state index in [4.69, 9.17) is 4.74 Å². The van der Waals surface area contributed by atoms with Crippen molar-refractivity contribution in [3.63, 3.8) is 0 Å². The van der Waals surface area contributed by atoms with Crippen molar-refractivity contribution in [3.8, 4) is 22.1 Å². The van der Waals surface area contributed by atoms with Crippen LogP contribution in [0.15, 0.2) is 71.2 Å². The molecule has 2 heterocycles. The number of hydrogen-bond donors (Lipinski definition) is 1. The number of ether oxygens (including phenoxy) is 1. The van der Waals surface area contributed by atoms with E-state index in [0.29, 0.717) is 11.8 Å². The van der Waals surface area contributed by atoms with Crippen molar-refractivity contribution < 1.29 is 9.53 Å². The average molecular weight is 465 g/mol. The van der Waals surface area contributed by atoms with Crippen LogP contribution >= 0.6 is 23.1 Å². The minimum Gasteiger partial charge on any atom is -0.494 e. The van der Waals surface area contributed by atoms with E-state index < -0.39 is 0 Å². The van der Waals surface area contributed by atoms with Gasteiger partial charge in [0, 0.05) is 5.69 Å². The summed E-state index contributed by atoms with van der Waals surface area (Å²) >= 11 is 2.97. The van der Waals surface area contributed by atoms with Crippen LogP contribution in [-0.4, -0.2) is 33.0 Å². The van der Waals surface area contributed by atoms with Crippen molar-refractivity contribution in [1.82, 2.24) is 14.8 Å². The summed E-state index contributed by atoms with van der Waals surface area (Å²) in [5.74, 6) is 1.72. The number of nitrogens with one attached hydrogen (secondary N) is 1. The highest BCUT2D eigenvalue weighted by Crippen LogP contribution is 2.31. The molecule has 0 aliphatic rings. The van der Waals surface area contributed by atoms with Gasteiger partial charge in [0.05, 0.1) is 22.9 Å². The Morgan fingerprint density at radius 3 is 2.59 bits per heavy atom. The Kier molecular flexibility index (Phi) is 7.24. The Hall–Kier alpha value is -3.10. The molecule has 164 valence electrons. The molecule has 2 aromatic heterocycles. The summed E-state index contributed by atoms with van der Waals surface area (Å²) in [5.41, 5.74) is 2.89. The quantitative estimate of drug-likeness (QED) is 0.322. The van der Waals surface area contributed by atoms with Crippen molar-refractivity contribution in [1.29, 1.82) is 0 Å². The molecule has 6 nitrogen and oxygen atoms in total. The van der Waals surface area contributed by atoms with Crippen LogP contribution in [0.3, 0.4) is 0 Å². The van der Waals surface area contributed by atoms with E-state index in [1.54, 1.807) is 11.3 Å². The van der Waals surface area contributed by atoms with Gasteiger partial charge in [-0.25, -0.2) is 0 Å². The number of anilines is 1. The van der Waals surface area contributed by atoms with Crippen LogP contribution in [0.1, 0.15) is 19.4 Å². The number of aromatic nitrogens is 3. The largest absolute Gasteiger partial charge is 0.494 e. The third-order valence-electron chi connectivity index (χ3n) is 4.79. The molecular formula is C24H24N4O2S2. The summed E-state index contributed by atoms with van der Waals surface area (Å²) in [7, 11) is 0. The number of hydrogen-bond acceptors (Lipinski definition) is 6. The standard InChI is InChI=1S/C24H24N4O2S2/c1-3-17-8-5-6-9-20(17)25-22(29)16-32-24-27-26-23(21-10-7-15-31-21)28(24)18-11-13-19(14-12-18)30-4-2/h5-15H,3-4,16H2,1-2H3,(H,25,29). The van der Waals surface area contributed by atoms with Gasteiger partial charge in [-0.1, -0.05) is 43.0 Å². The number of carbonyl (C=O) groups excluding carboxylic acids is 1. The van der Waals surface area contributed by atoms with Crippen LogP contribution in [-0.2, 0) is 11.2 Å². The lowest BCUT2D eigenvalue weighted by atomic mass is 10.1. The van der Waals surface area contributed by atoms with Crippen LogP contribution in [0.2, 0.25) is 0 Å². The zero-order valence-electron chi connectivity index (χ0n) is 17.9. The first-order chi connectivity index (χ1) is 15.7. The van der Waals surface area contributed by atoms with E-state index in [0.717, 1.165) is 39.8 Å². The van der Waals surface area contributed by atoms with Gasteiger partial charge in [0.25, 0.3) is 0 Å². The third kappa shape index (κ3) is 5.03. The summed E-state index contributed by atoms with van der Waals surface area (Å²) in [6, 6.07) is 19.7. The summed E-state index contributed by atoms with van der Waals surface area (Å²) in [5, 5.41) is 14.5. The highest BCUT2D eigenvalue weighted by molar-refractivity contribution is 7.99. The van der Waals surface area contributed by atoms with Gasteiger partial charge in [-0.3, -0.25) is 9.36 Å². The molecule has 1 amide bonds. The topological polar surface area (TPSA) is 69.0 Å². The van der Waals surface area contributed by atoms with Gasteiger partial charge in [-0.15, -0.1) is 21.5 Å². The van der Waals surface area contributed by atoms with Crippen molar-refractivity contribution in [2.75, 3.05) is 17.7 Å². The van der Waals surface area contributed by atoms with Crippen LogP contribution < -0.4 is 10.1 Å². The van der Waals surface area contributed by atoms with Gasteiger partial charge in [0.1, 0.15) is 5.75 Å². The van der Waals surface area contributed by atoms with Crippen molar-refractivity contribution in [2.45, 2.75) is 25.4 Å². The highest BCUT2D eigenvalue weighted by Gasteiger charge is 2.18. The van der Waals surface area contributed by atoms with Crippen LogP contribution in [0.25, 0.3) is 16.4 Å². The third-order valence-corrected chi connectivity index (χ3v) is 6.58. The van der Waals surface area contributed by atoms with E-state index in [1.807, 2.05) is 77.5 Å². The van der Waals surface area contributed by atoms with Gasteiger partial charge >= 0.3 is 0 Å². The fourth-order valence-corrected chi connectivity index (χ4v) is 4.74. The number of rotatable bonds is 9. The van der Waals surface area contributed by atoms with E-state index in [9.17, 15) is 4.79 Å². The number of benzene rings is 2. The molecule has 0 saturated heterocycles. The van der Waals surface area contributed by atoms with E-state index >= 15 is 0 Å². The molecule has 0 fully saturated rings. The second-order valence-electron chi connectivity index (χ2n) is 6.89. The number of thioether (sulfide) groups is 1. The predicted octanol–water partition coefficient (Wildman–Crippen LogP) is 5.69. The fourth-order valence-electron chi connectivity index (χ4n) is 3.29. The maximum Gasteiger partial charge on any atom is 0.234 e. The van der Waals surface area contributed by atoms with Gasteiger partial charge in [0.15, 0.2) is 11.0 Å². The minimum atomic E-state index is -0.0742. The molecule has 0 saturated carbocycles. The van der Waals surface area contributed by atoms with E-state index in [1.165, 1.54) is 11.8 Å². The zero-order chi connectivity index (χ0) is 22.3. The molecule has 2 aromatic carbocycles. The lowest BCUT2D eigenvalue weighted by molar-refractivity contribution is -0.113. The Bertz CT molecular complexity index is 1170. The van der Waals surface area contributed by atoms with E-state index in [-0.39, 0.29) is 11.7 Å². The molecule has 4 aromatic rings. The second kappa shape index (κ2) is 10.5. The van der Waals surface area contributed by atoms with E-state index in [2.05, 4.69) is 22.4 Å². The zero-order valence-corrected chi connectivity index (χ0v) is 19.6. The fraction of sp³-hybridized carbons (Fsp3) is 0.208. The maximum absolute atomic E-state index is 12.6. The first-order valence-corrected chi connectivity index (χ1v) is 12.3. The molecule has 0 spiro atoms. The summed E-state index contributed by atoms with van der Waals surface area (Å²) in [6.07, 6.45) is 0.861. The molecule has 0 aliphatic carbocycles. The van der Waals surface area contributed by atoms with Crippen LogP contribution in [0.4, 0.5) is 5.69 Å². The summed E-state index contributed by atoms with van der Waals surface area (Å²) in [6.45, 7) is 4.65.